The van der Waals surface area contributed by atoms with Gasteiger partial charge in [0.15, 0.2) is 0 Å². The van der Waals surface area contributed by atoms with Gasteiger partial charge in [0.2, 0.25) is 0 Å². The fourth-order valence-electron chi connectivity index (χ4n) is 1.44. The van der Waals surface area contributed by atoms with Crippen molar-refractivity contribution in [3.8, 4) is 6.07 Å². The summed E-state index contributed by atoms with van der Waals surface area (Å²) in [6, 6.07) is 10.8. The number of carbonyl (C=O) groups is 2. The van der Waals surface area contributed by atoms with Crippen molar-refractivity contribution in [1.82, 2.24) is 0 Å². The van der Waals surface area contributed by atoms with Crippen LogP contribution in [0.2, 0.25) is 0 Å². The highest BCUT2D eigenvalue weighted by atomic mass is 16.5. The Bertz CT molecular complexity index is 611. The van der Waals surface area contributed by atoms with Crippen LogP contribution in [-0.2, 0) is 19.1 Å². The molecule has 22 heavy (non-hydrogen) atoms. The third-order valence-electron chi connectivity index (χ3n) is 2.55. The summed E-state index contributed by atoms with van der Waals surface area (Å²) in [5.41, 5.74) is 0.978. The molecule has 1 aromatic carbocycles. The van der Waals surface area contributed by atoms with Crippen molar-refractivity contribution >= 4 is 18.0 Å². The maximum atomic E-state index is 11.7. The number of nitrogens with zero attached hydrogens (tertiary/aromatic N) is 1. The summed E-state index contributed by atoms with van der Waals surface area (Å²) >= 11 is 0. The molecule has 114 valence electrons. The topological polar surface area (TPSA) is 76.4 Å². The van der Waals surface area contributed by atoms with Crippen LogP contribution in [-0.4, -0.2) is 25.2 Å². The number of esters is 2. The first-order valence-corrected chi connectivity index (χ1v) is 6.71. The van der Waals surface area contributed by atoms with Gasteiger partial charge in [0, 0.05) is 12.0 Å². The molecule has 0 aliphatic rings. The molecule has 5 heteroatoms. The van der Waals surface area contributed by atoms with Crippen LogP contribution in [0, 0.1) is 11.3 Å². The molecule has 1 aromatic rings. The van der Waals surface area contributed by atoms with Crippen LogP contribution >= 0.6 is 0 Å². The van der Waals surface area contributed by atoms with Crippen molar-refractivity contribution < 1.29 is 19.1 Å². The van der Waals surface area contributed by atoms with Crippen LogP contribution < -0.4 is 0 Å². The maximum Gasteiger partial charge on any atom is 0.348 e. The molecule has 0 aliphatic carbocycles. The lowest BCUT2D eigenvalue weighted by atomic mass is 10.1. The van der Waals surface area contributed by atoms with Gasteiger partial charge in [-0.15, -0.1) is 0 Å². The van der Waals surface area contributed by atoms with Gasteiger partial charge in [-0.2, -0.15) is 5.26 Å². The fraction of sp³-hybridized carbons (Fsp3) is 0.235. The molecule has 1 rings (SSSR count). The second-order valence-corrected chi connectivity index (χ2v) is 4.49. The normalized spacial score (nSPS) is 10.5. The highest BCUT2D eigenvalue weighted by Gasteiger charge is 2.10. The Hall–Kier alpha value is -2.87. The molecule has 0 N–H and O–H groups in total. The molecule has 0 radical (unpaired) electrons. The monoisotopic (exact) mass is 299 g/mol. The molecule has 0 atom stereocenters. The Morgan fingerprint density at radius 3 is 2.32 bits per heavy atom. The molecule has 0 saturated heterocycles. The molecule has 0 heterocycles. The van der Waals surface area contributed by atoms with E-state index in [0.29, 0.717) is 12.0 Å². The van der Waals surface area contributed by atoms with Gasteiger partial charge < -0.3 is 9.47 Å². The summed E-state index contributed by atoms with van der Waals surface area (Å²) in [7, 11) is 0. The van der Waals surface area contributed by atoms with Crippen LogP contribution in [0.3, 0.4) is 0 Å². The number of carbonyl (C=O) groups excluding carboxylic acids is 2. The smallest absolute Gasteiger partial charge is 0.348 e. The van der Waals surface area contributed by atoms with Crippen molar-refractivity contribution in [2.24, 2.45) is 0 Å². The Kier molecular flexibility index (Phi) is 7.14. The molecule has 0 aliphatic heterocycles. The first-order valence-electron chi connectivity index (χ1n) is 6.71. The maximum absolute atomic E-state index is 11.7. The van der Waals surface area contributed by atoms with Crippen molar-refractivity contribution in [1.29, 1.82) is 5.26 Å². The van der Waals surface area contributed by atoms with Crippen molar-refractivity contribution in [3.05, 3.63) is 53.6 Å². The van der Waals surface area contributed by atoms with E-state index in [2.05, 4.69) is 6.58 Å². The third kappa shape index (κ3) is 6.06. The first kappa shape index (κ1) is 17.2. The van der Waals surface area contributed by atoms with E-state index in [1.165, 1.54) is 6.08 Å². The molecule has 0 spiro atoms. The molecule has 0 saturated carbocycles. The minimum Gasteiger partial charge on any atom is -0.462 e. The van der Waals surface area contributed by atoms with Crippen LogP contribution in [0.4, 0.5) is 0 Å². The highest BCUT2D eigenvalue weighted by molar-refractivity contribution is 5.97. The van der Waals surface area contributed by atoms with Crippen LogP contribution in [0.1, 0.15) is 18.9 Å². The first-order chi connectivity index (χ1) is 10.5. The Morgan fingerprint density at radius 2 is 1.77 bits per heavy atom. The molecule has 5 nitrogen and oxygen atoms in total. The number of rotatable bonds is 7. The summed E-state index contributed by atoms with van der Waals surface area (Å²) in [5.74, 6) is -1.18. The van der Waals surface area contributed by atoms with Crippen molar-refractivity contribution in [2.75, 3.05) is 13.2 Å². The zero-order valence-electron chi connectivity index (χ0n) is 12.4. The number of hydrogen-bond donors (Lipinski definition) is 0. The molecule has 0 amide bonds. The van der Waals surface area contributed by atoms with Crippen LogP contribution in [0.5, 0.6) is 0 Å². The Morgan fingerprint density at radius 1 is 1.18 bits per heavy atom. The van der Waals surface area contributed by atoms with Gasteiger partial charge in [0.25, 0.3) is 0 Å². The second kappa shape index (κ2) is 9.14. The largest absolute Gasteiger partial charge is 0.462 e. The average Bonchev–Trinajstić information content (AvgIpc) is 2.52. The summed E-state index contributed by atoms with van der Waals surface area (Å²) in [4.78, 5) is 22.9. The van der Waals surface area contributed by atoms with Gasteiger partial charge in [0.05, 0.1) is 13.2 Å². The van der Waals surface area contributed by atoms with E-state index < -0.39 is 11.9 Å². The van der Waals surface area contributed by atoms with E-state index in [0.717, 1.165) is 5.56 Å². The van der Waals surface area contributed by atoms with E-state index in [-0.39, 0.29) is 18.8 Å². The van der Waals surface area contributed by atoms with E-state index in [1.807, 2.05) is 24.3 Å². The SMILES string of the molecule is C=C(C)C(=O)OCCCOC(=O)C(C#N)=Cc1ccccc1. The van der Waals surface area contributed by atoms with Gasteiger partial charge in [-0.05, 0) is 18.6 Å². The zero-order valence-corrected chi connectivity index (χ0v) is 12.4. The summed E-state index contributed by atoms with van der Waals surface area (Å²) < 4.78 is 9.82. The minimum atomic E-state index is -0.697. The standard InChI is InChI=1S/C17H17NO4/c1-13(2)16(19)21-9-6-10-22-17(20)15(12-18)11-14-7-4-3-5-8-14/h3-5,7-8,11H,1,6,9-10H2,2H3. The van der Waals surface area contributed by atoms with Gasteiger partial charge in [-0.1, -0.05) is 36.9 Å². The highest BCUT2D eigenvalue weighted by Crippen LogP contribution is 2.07. The van der Waals surface area contributed by atoms with Gasteiger partial charge in [0.1, 0.15) is 11.6 Å². The summed E-state index contributed by atoms with van der Waals surface area (Å²) in [5, 5.41) is 9.00. The lowest BCUT2D eigenvalue weighted by Crippen LogP contribution is -2.12. The average molecular weight is 299 g/mol. The minimum absolute atomic E-state index is 0.0656. The number of hydrogen-bond acceptors (Lipinski definition) is 5. The lowest BCUT2D eigenvalue weighted by Gasteiger charge is -2.05. The predicted octanol–water partition coefficient (Wildman–Crippen LogP) is 2.65. The van der Waals surface area contributed by atoms with Crippen molar-refractivity contribution in [3.63, 3.8) is 0 Å². The van der Waals surface area contributed by atoms with E-state index >= 15 is 0 Å². The second-order valence-electron chi connectivity index (χ2n) is 4.49. The van der Waals surface area contributed by atoms with Crippen LogP contribution in [0.25, 0.3) is 6.08 Å². The predicted molar refractivity (Wildman–Crippen MR) is 81.4 cm³/mol. The number of ether oxygens (including phenoxy) is 2. The summed E-state index contributed by atoms with van der Waals surface area (Å²) in [6.07, 6.45) is 1.82. The van der Waals surface area contributed by atoms with E-state index in [1.54, 1.807) is 19.1 Å². The molecule has 0 unspecified atom stereocenters. The molecule has 0 fully saturated rings. The number of nitriles is 1. The van der Waals surface area contributed by atoms with E-state index in [4.69, 9.17) is 14.7 Å². The van der Waals surface area contributed by atoms with Gasteiger partial charge >= 0.3 is 11.9 Å². The quantitative estimate of drug-likeness (QED) is 0.335. The number of benzene rings is 1. The van der Waals surface area contributed by atoms with E-state index in [9.17, 15) is 9.59 Å². The third-order valence-corrected chi connectivity index (χ3v) is 2.55. The molecule has 0 aromatic heterocycles. The Labute approximate surface area is 129 Å². The zero-order chi connectivity index (χ0) is 16.4. The molecular formula is C17H17NO4. The fourth-order valence-corrected chi connectivity index (χ4v) is 1.44. The summed E-state index contributed by atoms with van der Waals surface area (Å²) in [6.45, 7) is 5.20. The lowest BCUT2D eigenvalue weighted by molar-refractivity contribution is -0.141. The Balaban J connectivity index is 2.41. The van der Waals surface area contributed by atoms with Gasteiger partial charge in [-0.3, -0.25) is 0 Å². The van der Waals surface area contributed by atoms with Gasteiger partial charge in [-0.25, -0.2) is 9.59 Å². The molecular weight excluding hydrogens is 282 g/mol. The molecule has 0 bridgehead atoms. The van der Waals surface area contributed by atoms with Crippen LogP contribution in [0.15, 0.2) is 48.1 Å². The van der Waals surface area contributed by atoms with Crippen molar-refractivity contribution in [2.45, 2.75) is 13.3 Å².